The average molecular weight is 323 g/mol. The van der Waals surface area contributed by atoms with Crippen LogP contribution in [0.5, 0.6) is 0 Å². The molecule has 2 N–H and O–H groups in total. The summed E-state index contributed by atoms with van der Waals surface area (Å²) < 4.78 is 0. The highest BCUT2D eigenvalue weighted by atomic mass is 32.2. The first kappa shape index (κ1) is 18.8. The fourth-order valence-corrected chi connectivity index (χ4v) is 3.09. The van der Waals surface area contributed by atoms with E-state index in [1.807, 2.05) is 24.9 Å². The molecule has 0 heterocycles. The lowest BCUT2D eigenvalue weighted by molar-refractivity contribution is 0.231. The Hall–Kier alpha value is -1.20. The van der Waals surface area contributed by atoms with Crippen LogP contribution >= 0.6 is 11.8 Å². The molecule has 0 radical (unpaired) electrons. The van der Waals surface area contributed by atoms with Gasteiger partial charge in [0, 0.05) is 36.8 Å². The van der Waals surface area contributed by atoms with E-state index in [-0.39, 0.29) is 0 Å². The molecule has 22 heavy (non-hydrogen) atoms. The molecule has 0 bridgehead atoms. The zero-order valence-corrected chi connectivity index (χ0v) is 15.1. The molecule has 1 rings (SSSR count). The number of benzene rings is 1. The van der Waals surface area contributed by atoms with E-state index in [4.69, 9.17) is 0 Å². The largest absolute Gasteiger partial charge is 0.356 e. The zero-order valence-electron chi connectivity index (χ0n) is 14.3. The molecule has 0 saturated heterocycles. The maximum absolute atomic E-state index is 4.28. The summed E-state index contributed by atoms with van der Waals surface area (Å²) in [5.74, 6) is 1.91. The van der Waals surface area contributed by atoms with Crippen molar-refractivity contribution in [3.8, 4) is 0 Å². The quantitative estimate of drug-likeness (QED) is 0.317. The van der Waals surface area contributed by atoms with Crippen LogP contribution < -0.4 is 10.6 Å². The molecule has 124 valence electrons. The third-order valence-electron chi connectivity index (χ3n) is 3.63. The first-order valence-electron chi connectivity index (χ1n) is 8.07. The Morgan fingerprint density at radius 3 is 2.45 bits per heavy atom. The summed E-state index contributed by atoms with van der Waals surface area (Å²) >= 11 is 1.86. The summed E-state index contributed by atoms with van der Waals surface area (Å²) in [4.78, 5) is 8.03. The van der Waals surface area contributed by atoms with Gasteiger partial charge in [0.1, 0.15) is 0 Å². The van der Waals surface area contributed by atoms with Crippen LogP contribution in [0.3, 0.4) is 0 Å². The number of hydrogen-bond donors (Lipinski definition) is 2. The fourth-order valence-electron chi connectivity index (χ4n) is 2.30. The Balaban J connectivity index is 2.22. The first-order valence-corrected chi connectivity index (χ1v) is 9.06. The van der Waals surface area contributed by atoms with Gasteiger partial charge in [0.15, 0.2) is 5.96 Å². The van der Waals surface area contributed by atoms with Gasteiger partial charge in [-0.3, -0.25) is 9.89 Å². The molecule has 4 nitrogen and oxygen atoms in total. The van der Waals surface area contributed by atoms with E-state index < -0.39 is 0 Å². The summed E-state index contributed by atoms with van der Waals surface area (Å²) in [7, 11) is 1.82. The topological polar surface area (TPSA) is 39.7 Å². The van der Waals surface area contributed by atoms with Crippen molar-refractivity contribution in [1.29, 1.82) is 0 Å². The minimum absolute atomic E-state index is 0.507. The zero-order chi connectivity index (χ0) is 16.2. The van der Waals surface area contributed by atoms with Crippen molar-refractivity contribution >= 4 is 17.7 Å². The number of nitrogens with zero attached hydrogens (tertiary/aromatic N) is 2. The Kier molecular flexibility index (Phi) is 9.75. The molecule has 0 fully saturated rings. The Morgan fingerprint density at radius 1 is 1.18 bits per heavy atom. The Bertz CT molecular complexity index is 418. The van der Waals surface area contributed by atoms with E-state index in [2.05, 4.69) is 65.6 Å². The van der Waals surface area contributed by atoms with Gasteiger partial charge in [-0.2, -0.15) is 0 Å². The molecule has 1 aromatic carbocycles. The molecule has 0 aliphatic carbocycles. The maximum atomic E-state index is 4.28. The second kappa shape index (κ2) is 11.4. The maximum Gasteiger partial charge on any atom is 0.191 e. The summed E-state index contributed by atoms with van der Waals surface area (Å²) in [5, 5.41) is 6.77. The lowest BCUT2D eigenvalue weighted by Gasteiger charge is -2.27. The monoisotopic (exact) mass is 322 g/mol. The molecule has 0 aliphatic heterocycles. The number of rotatable bonds is 9. The lowest BCUT2D eigenvalue weighted by Crippen LogP contribution is -2.46. The molecule has 1 aromatic rings. The summed E-state index contributed by atoms with van der Waals surface area (Å²) in [6.07, 6.45) is 0. The number of thioether (sulfide) groups is 1. The molecular formula is C17H30N4S. The number of aliphatic imine (C=N–C) groups is 1. The summed E-state index contributed by atoms with van der Waals surface area (Å²) in [5.41, 5.74) is 0. The van der Waals surface area contributed by atoms with Crippen molar-refractivity contribution in [3.63, 3.8) is 0 Å². The lowest BCUT2D eigenvalue weighted by atomic mass is 10.3. The summed E-state index contributed by atoms with van der Waals surface area (Å²) in [6.45, 7) is 10.6. The van der Waals surface area contributed by atoms with E-state index in [0.717, 1.165) is 37.9 Å². The smallest absolute Gasteiger partial charge is 0.191 e. The van der Waals surface area contributed by atoms with E-state index in [0.29, 0.717) is 6.04 Å². The van der Waals surface area contributed by atoms with Gasteiger partial charge < -0.3 is 10.6 Å². The van der Waals surface area contributed by atoms with Crippen LogP contribution in [0.2, 0.25) is 0 Å². The van der Waals surface area contributed by atoms with Crippen molar-refractivity contribution in [1.82, 2.24) is 15.5 Å². The molecule has 5 heteroatoms. The molecule has 0 aromatic heterocycles. The van der Waals surface area contributed by atoms with Crippen molar-refractivity contribution in [2.24, 2.45) is 4.99 Å². The first-order chi connectivity index (χ1) is 10.7. The normalized spacial score (nSPS) is 13.2. The number of hydrogen-bond acceptors (Lipinski definition) is 3. The number of guanidine groups is 1. The van der Waals surface area contributed by atoms with E-state index in [1.54, 1.807) is 0 Å². The second-order valence-corrected chi connectivity index (χ2v) is 6.28. The minimum Gasteiger partial charge on any atom is -0.356 e. The SMILES string of the molecule is CCN(CC)C(C)CNC(=NC)NCCSc1ccccc1. The Morgan fingerprint density at radius 2 is 1.86 bits per heavy atom. The van der Waals surface area contributed by atoms with Gasteiger partial charge in [-0.25, -0.2) is 0 Å². The molecule has 0 saturated carbocycles. The highest BCUT2D eigenvalue weighted by molar-refractivity contribution is 7.99. The van der Waals surface area contributed by atoms with Crippen LogP contribution in [0.1, 0.15) is 20.8 Å². The van der Waals surface area contributed by atoms with E-state index >= 15 is 0 Å². The predicted octanol–water partition coefficient (Wildman–Crippen LogP) is 2.67. The van der Waals surface area contributed by atoms with Gasteiger partial charge in [0.25, 0.3) is 0 Å². The van der Waals surface area contributed by atoms with Crippen molar-refractivity contribution in [2.45, 2.75) is 31.7 Å². The molecule has 1 unspecified atom stereocenters. The molecular weight excluding hydrogens is 292 g/mol. The third kappa shape index (κ3) is 7.18. The number of likely N-dealkylation sites (N-methyl/N-ethyl adjacent to an activating group) is 1. The summed E-state index contributed by atoms with van der Waals surface area (Å²) in [6, 6.07) is 11.0. The van der Waals surface area contributed by atoms with Crippen LogP contribution in [-0.4, -0.2) is 55.9 Å². The second-order valence-electron chi connectivity index (χ2n) is 5.11. The van der Waals surface area contributed by atoms with Crippen LogP contribution in [0.25, 0.3) is 0 Å². The van der Waals surface area contributed by atoms with Gasteiger partial charge >= 0.3 is 0 Å². The van der Waals surface area contributed by atoms with Gasteiger partial charge in [-0.15, -0.1) is 11.8 Å². The van der Waals surface area contributed by atoms with Crippen LogP contribution in [0.15, 0.2) is 40.2 Å². The highest BCUT2D eigenvalue weighted by Crippen LogP contribution is 2.15. The van der Waals surface area contributed by atoms with Crippen LogP contribution in [0.4, 0.5) is 0 Å². The molecule has 0 spiro atoms. The van der Waals surface area contributed by atoms with Crippen molar-refractivity contribution < 1.29 is 0 Å². The van der Waals surface area contributed by atoms with E-state index in [9.17, 15) is 0 Å². The fraction of sp³-hybridized carbons (Fsp3) is 0.588. The van der Waals surface area contributed by atoms with E-state index in [1.165, 1.54) is 4.90 Å². The van der Waals surface area contributed by atoms with Crippen molar-refractivity contribution in [2.75, 3.05) is 39.0 Å². The van der Waals surface area contributed by atoms with Gasteiger partial charge in [-0.05, 0) is 32.1 Å². The predicted molar refractivity (Wildman–Crippen MR) is 98.9 cm³/mol. The van der Waals surface area contributed by atoms with Crippen LogP contribution in [0, 0.1) is 0 Å². The average Bonchev–Trinajstić information content (AvgIpc) is 2.56. The third-order valence-corrected chi connectivity index (χ3v) is 4.64. The molecule has 1 atom stereocenters. The minimum atomic E-state index is 0.507. The number of nitrogens with one attached hydrogen (secondary N) is 2. The Labute approximate surface area is 139 Å². The highest BCUT2D eigenvalue weighted by Gasteiger charge is 2.10. The van der Waals surface area contributed by atoms with Gasteiger partial charge in [0.05, 0.1) is 0 Å². The van der Waals surface area contributed by atoms with Gasteiger partial charge in [-0.1, -0.05) is 32.0 Å². The standard InChI is InChI=1S/C17H30N4S/c1-5-21(6-2)15(3)14-20-17(18-4)19-12-13-22-16-10-8-7-9-11-16/h7-11,15H,5-6,12-14H2,1-4H3,(H2,18,19,20). The molecule has 0 aliphatic rings. The van der Waals surface area contributed by atoms with Gasteiger partial charge in [0.2, 0.25) is 0 Å². The van der Waals surface area contributed by atoms with Crippen LogP contribution in [-0.2, 0) is 0 Å². The van der Waals surface area contributed by atoms with Crippen molar-refractivity contribution in [3.05, 3.63) is 30.3 Å². The molecule has 0 amide bonds.